The summed E-state index contributed by atoms with van der Waals surface area (Å²) >= 11 is 0. The largest absolute Gasteiger partial charge is 3.00 e. The number of rotatable bonds is 8. The molecule has 5 heterocycles. The van der Waals surface area contributed by atoms with Crippen LogP contribution < -0.4 is 0 Å². The van der Waals surface area contributed by atoms with Crippen LogP contribution >= 0.6 is 0 Å². The first kappa shape index (κ1) is 31.5. The zero-order valence-corrected chi connectivity index (χ0v) is 26.0. The predicted octanol–water partition coefficient (Wildman–Crippen LogP) is 7.43. The summed E-state index contributed by atoms with van der Waals surface area (Å²) in [5.41, 5.74) is 13.7. The van der Waals surface area contributed by atoms with Crippen LogP contribution in [0.4, 0.5) is 0 Å². The number of hydrogen-bond acceptors (Lipinski definition) is 4. The minimum absolute atomic E-state index is 0. The number of allylic oxidation sites excluding steroid dienone is 4. The molecular weight excluding hydrogens is 555 g/mol. The van der Waals surface area contributed by atoms with Gasteiger partial charge in [0, 0.05) is 46.0 Å². The van der Waals surface area contributed by atoms with E-state index < -0.39 is 11.9 Å². The van der Waals surface area contributed by atoms with Crippen molar-refractivity contribution in [1.29, 1.82) is 0 Å². The van der Waals surface area contributed by atoms with E-state index in [4.69, 9.17) is 9.97 Å². The quantitative estimate of drug-likeness (QED) is 0.202. The van der Waals surface area contributed by atoms with Gasteiger partial charge in [0.1, 0.15) is 0 Å². The van der Waals surface area contributed by atoms with Gasteiger partial charge in [0.15, 0.2) is 0 Å². The van der Waals surface area contributed by atoms with Crippen LogP contribution in [0.2, 0.25) is 0 Å². The molecule has 214 valence electrons. The van der Waals surface area contributed by atoms with E-state index >= 15 is 0 Å². The standard InChI is InChI=1S/C34H34N4O4.Al/c1-7-21-17(3)25-13-26-19(5)23(9-11-33(39)40)31(37-26)16-32-24(10-12-34(41)42)20(6)28(38-32)15-30-22(8-2)18(4)27(36-30)14-29(21)35-25;/h7-8,13-16,35-36H,1-2,9-12H2,3-6H3,(H,39,40)(H,41,42);/q;+3. The van der Waals surface area contributed by atoms with Gasteiger partial charge in [-0.15, -0.1) is 0 Å². The van der Waals surface area contributed by atoms with E-state index in [1.165, 1.54) is 0 Å². The van der Waals surface area contributed by atoms with Crippen molar-refractivity contribution in [3.05, 3.63) is 82.5 Å². The fraction of sp³-hybridized carbons (Fsp3) is 0.235. The monoisotopic (exact) mass is 589 g/mol. The molecule has 0 amide bonds. The molecule has 43 heavy (non-hydrogen) atoms. The van der Waals surface area contributed by atoms with Gasteiger partial charge >= 0.3 is 29.3 Å². The molecule has 0 fully saturated rings. The SMILES string of the molecule is C=Cc1c(C)c2cc3[nH]c(cc4nc(cc5nc(cc1[nH]2)C(C)=C5CCC(=O)O)C(CCC(=O)O)=C4C)c(C)c3C=C.[Al+3]. The van der Waals surface area contributed by atoms with Gasteiger partial charge in [-0.1, -0.05) is 25.3 Å². The van der Waals surface area contributed by atoms with Crippen LogP contribution in [-0.2, 0) is 9.59 Å². The van der Waals surface area contributed by atoms with Crippen LogP contribution in [0.5, 0.6) is 0 Å². The summed E-state index contributed by atoms with van der Waals surface area (Å²) in [7, 11) is 0. The van der Waals surface area contributed by atoms with Crippen molar-refractivity contribution < 1.29 is 19.8 Å². The van der Waals surface area contributed by atoms with Crippen LogP contribution in [0.3, 0.4) is 0 Å². The van der Waals surface area contributed by atoms with Gasteiger partial charge in [0.2, 0.25) is 0 Å². The molecule has 0 aliphatic carbocycles. The zero-order chi connectivity index (χ0) is 30.3. The van der Waals surface area contributed by atoms with Crippen molar-refractivity contribution in [3.63, 3.8) is 0 Å². The topological polar surface area (TPSA) is 132 Å². The summed E-state index contributed by atoms with van der Waals surface area (Å²) in [5.74, 6) is -1.78. The maximum absolute atomic E-state index is 11.5. The zero-order valence-electron chi connectivity index (χ0n) is 24.9. The maximum Gasteiger partial charge on any atom is 3.00 e. The molecule has 0 aromatic carbocycles. The average Bonchev–Trinajstić information content (AvgIpc) is 3.59. The Morgan fingerprint density at radius 2 is 1.07 bits per heavy atom. The number of aryl methyl sites for hydroxylation is 2. The number of nitrogens with one attached hydrogen (secondary N) is 2. The van der Waals surface area contributed by atoms with Crippen LogP contribution in [0, 0.1) is 13.8 Å². The van der Waals surface area contributed by atoms with Crippen LogP contribution in [0.1, 0.15) is 84.6 Å². The first-order valence-electron chi connectivity index (χ1n) is 13.9. The van der Waals surface area contributed by atoms with E-state index in [0.717, 1.165) is 78.0 Å². The number of carbonyl (C=O) groups is 2. The summed E-state index contributed by atoms with van der Waals surface area (Å²) in [6.45, 7) is 16.1. The third-order valence-electron chi connectivity index (χ3n) is 8.22. The van der Waals surface area contributed by atoms with Gasteiger partial charge in [0.25, 0.3) is 0 Å². The summed E-state index contributed by atoms with van der Waals surface area (Å²) in [6, 6.07) is 7.88. The Morgan fingerprint density at radius 3 is 1.49 bits per heavy atom. The van der Waals surface area contributed by atoms with E-state index in [1.54, 1.807) is 0 Å². The fourth-order valence-electron chi connectivity index (χ4n) is 5.77. The van der Waals surface area contributed by atoms with Gasteiger partial charge in [-0.05, 0) is 98.2 Å². The van der Waals surface area contributed by atoms with E-state index in [2.05, 4.69) is 29.2 Å². The van der Waals surface area contributed by atoms with Gasteiger partial charge in [-0.2, -0.15) is 0 Å². The Balaban J connectivity index is 0.00000423. The number of aliphatic carboxylic acids is 2. The summed E-state index contributed by atoms with van der Waals surface area (Å²) in [6.07, 6.45) is 4.20. The number of carboxylic acids is 2. The maximum atomic E-state index is 11.5. The molecule has 8 bridgehead atoms. The van der Waals surface area contributed by atoms with Crippen molar-refractivity contribution in [2.75, 3.05) is 0 Å². The molecule has 9 heteroatoms. The molecule has 0 saturated carbocycles. The molecule has 0 saturated heterocycles. The number of nitrogens with zero attached hydrogens (tertiary/aromatic N) is 2. The third kappa shape index (κ3) is 5.92. The molecule has 3 aromatic rings. The van der Waals surface area contributed by atoms with Crippen LogP contribution in [-0.4, -0.2) is 59.4 Å². The number of fused-ring (bicyclic) bond motifs is 8. The van der Waals surface area contributed by atoms with Crippen molar-refractivity contribution in [2.24, 2.45) is 0 Å². The van der Waals surface area contributed by atoms with Crippen molar-refractivity contribution in [2.45, 2.75) is 53.4 Å². The molecular formula is C34H34AlN4O4+3. The van der Waals surface area contributed by atoms with Gasteiger partial charge in [0.05, 0.1) is 22.8 Å². The Morgan fingerprint density at radius 1 is 0.674 bits per heavy atom. The second-order valence-electron chi connectivity index (χ2n) is 10.7. The minimum atomic E-state index is -0.889. The third-order valence-corrected chi connectivity index (χ3v) is 8.22. The molecule has 0 spiro atoms. The Bertz CT molecular complexity index is 1920. The van der Waals surface area contributed by atoms with E-state index in [-0.39, 0.29) is 30.2 Å². The van der Waals surface area contributed by atoms with E-state index in [9.17, 15) is 19.8 Å². The van der Waals surface area contributed by atoms with Crippen molar-refractivity contribution >= 4 is 85.8 Å². The molecule has 0 unspecified atom stereocenters. The molecule has 8 nitrogen and oxygen atoms in total. The number of aromatic nitrogens is 4. The van der Waals surface area contributed by atoms with Gasteiger partial charge < -0.3 is 20.2 Å². The summed E-state index contributed by atoms with van der Waals surface area (Å²) < 4.78 is 0. The fourth-order valence-corrected chi connectivity index (χ4v) is 5.77. The van der Waals surface area contributed by atoms with Crippen molar-refractivity contribution in [1.82, 2.24) is 19.9 Å². The van der Waals surface area contributed by atoms with Gasteiger partial charge in [-0.3, -0.25) is 9.59 Å². The predicted molar refractivity (Wildman–Crippen MR) is 175 cm³/mol. The van der Waals surface area contributed by atoms with Crippen molar-refractivity contribution in [3.8, 4) is 0 Å². The molecule has 2 aliphatic heterocycles. The first-order valence-corrected chi connectivity index (χ1v) is 13.9. The smallest absolute Gasteiger partial charge is 0.481 e. The second-order valence-corrected chi connectivity index (χ2v) is 10.7. The molecule has 0 radical (unpaired) electrons. The van der Waals surface area contributed by atoms with Crippen LogP contribution in [0.25, 0.3) is 56.5 Å². The molecule has 2 aliphatic rings. The summed E-state index contributed by atoms with van der Waals surface area (Å²) in [5, 5.41) is 18.9. The number of hydrogen-bond donors (Lipinski definition) is 4. The molecule has 4 N–H and O–H groups in total. The number of carboxylic acid groups (broad SMARTS) is 2. The number of H-pyrrole nitrogens is 2. The Labute approximate surface area is 260 Å². The molecule has 5 rings (SSSR count). The van der Waals surface area contributed by atoms with Crippen LogP contribution in [0.15, 0.2) is 37.4 Å². The first-order chi connectivity index (χ1) is 20.0. The van der Waals surface area contributed by atoms with E-state index in [1.807, 2.05) is 58.0 Å². The molecule has 0 atom stereocenters. The van der Waals surface area contributed by atoms with Gasteiger partial charge in [-0.25, -0.2) is 9.97 Å². The summed E-state index contributed by atoms with van der Waals surface area (Å²) in [4.78, 5) is 40.0. The normalized spacial score (nSPS) is 12.7. The minimum Gasteiger partial charge on any atom is -0.481 e. The average molecular weight is 590 g/mol. The second kappa shape index (κ2) is 12.4. The number of aromatic amines is 2. The molecule has 3 aromatic heterocycles. The van der Waals surface area contributed by atoms with E-state index in [0.29, 0.717) is 24.2 Å². The Kier molecular flexibility index (Phi) is 9.10. The Hall–Kier alpha value is -4.45.